The van der Waals surface area contributed by atoms with E-state index in [1.165, 1.54) is 29.1 Å². The molecule has 1 N–H and O–H groups in total. The number of aromatic carboxylic acids is 1. The van der Waals surface area contributed by atoms with Crippen LogP contribution in [0.5, 0.6) is 0 Å². The van der Waals surface area contributed by atoms with Crippen LogP contribution in [0.1, 0.15) is 27.0 Å². The number of aromatic nitrogens is 2. The molecule has 9 heteroatoms. The van der Waals surface area contributed by atoms with E-state index in [-0.39, 0.29) is 45.8 Å². The van der Waals surface area contributed by atoms with Crippen LogP contribution in [0.4, 0.5) is 4.39 Å². The van der Waals surface area contributed by atoms with Crippen molar-refractivity contribution in [3.63, 3.8) is 0 Å². The number of benzene rings is 3. The Morgan fingerprint density at radius 2 is 1.88 bits per heavy atom. The molecule has 4 aromatic rings. The lowest BCUT2D eigenvalue weighted by Crippen LogP contribution is -2.13. The molecule has 33 heavy (non-hydrogen) atoms. The maximum atomic E-state index is 15.5. The van der Waals surface area contributed by atoms with E-state index in [0.29, 0.717) is 0 Å². The second-order valence-electron chi connectivity index (χ2n) is 7.71. The topological polar surface area (TPSA) is 89.3 Å². The summed E-state index contributed by atoms with van der Waals surface area (Å²) in [6.07, 6.45) is 1.44. The summed E-state index contributed by atoms with van der Waals surface area (Å²) in [5.74, 6) is -2.20. The molecule has 0 aliphatic heterocycles. The van der Waals surface area contributed by atoms with Crippen LogP contribution in [0, 0.1) is 12.7 Å². The van der Waals surface area contributed by atoms with Crippen molar-refractivity contribution < 1.29 is 22.7 Å². The third-order valence-corrected chi connectivity index (χ3v) is 7.77. The summed E-state index contributed by atoms with van der Waals surface area (Å²) in [5.41, 5.74) is 1.83. The van der Waals surface area contributed by atoms with Gasteiger partial charge in [0.15, 0.2) is 15.7 Å². The Hall–Kier alpha value is -3.04. The highest BCUT2D eigenvalue weighted by atomic mass is 79.9. The highest BCUT2D eigenvalue weighted by Gasteiger charge is 2.23. The average Bonchev–Trinajstić information content (AvgIpc) is 3.19. The molecule has 1 aromatic heterocycles. The number of rotatable bonds is 7. The summed E-state index contributed by atoms with van der Waals surface area (Å²) in [7, 11) is -3.56. The summed E-state index contributed by atoms with van der Waals surface area (Å²) in [4.78, 5) is 16.3. The number of carboxylic acids is 1. The molecule has 1 heterocycles. The second kappa shape index (κ2) is 9.07. The lowest BCUT2D eigenvalue weighted by Gasteiger charge is -2.12. The zero-order chi connectivity index (χ0) is 23.8. The molecule has 0 radical (unpaired) electrons. The van der Waals surface area contributed by atoms with E-state index in [1.54, 1.807) is 18.2 Å². The predicted octanol–water partition coefficient (Wildman–Crippen LogP) is 5.01. The molecule has 0 aliphatic carbocycles. The van der Waals surface area contributed by atoms with Gasteiger partial charge in [0, 0.05) is 23.0 Å². The van der Waals surface area contributed by atoms with Crippen molar-refractivity contribution in [1.29, 1.82) is 0 Å². The molecule has 0 saturated heterocycles. The van der Waals surface area contributed by atoms with Crippen molar-refractivity contribution in [1.82, 2.24) is 9.55 Å². The molecule has 4 rings (SSSR count). The number of halogens is 2. The predicted molar refractivity (Wildman–Crippen MR) is 127 cm³/mol. The largest absolute Gasteiger partial charge is 0.478 e. The number of sulfone groups is 1. The van der Waals surface area contributed by atoms with Gasteiger partial charge in [-0.05, 0) is 48.4 Å². The van der Waals surface area contributed by atoms with E-state index in [2.05, 4.69) is 20.9 Å². The molecule has 0 bridgehead atoms. The summed E-state index contributed by atoms with van der Waals surface area (Å²) in [6, 6.07) is 14.9. The van der Waals surface area contributed by atoms with Crippen molar-refractivity contribution in [3.05, 3.63) is 93.5 Å². The van der Waals surface area contributed by atoms with Crippen molar-refractivity contribution >= 4 is 42.8 Å². The van der Waals surface area contributed by atoms with Gasteiger partial charge >= 0.3 is 5.97 Å². The van der Waals surface area contributed by atoms with Gasteiger partial charge in [-0.15, -0.1) is 0 Å². The van der Waals surface area contributed by atoms with Crippen LogP contribution in [-0.4, -0.2) is 34.8 Å². The lowest BCUT2D eigenvalue weighted by molar-refractivity contribution is 0.0695. The molecule has 170 valence electrons. The minimum absolute atomic E-state index is 0.0113. The van der Waals surface area contributed by atoms with E-state index in [1.807, 2.05) is 25.1 Å². The van der Waals surface area contributed by atoms with E-state index in [0.717, 1.165) is 15.6 Å². The maximum Gasteiger partial charge on any atom is 0.336 e. The second-order valence-corrected chi connectivity index (χ2v) is 10.7. The van der Waals surface area contributed by atoms with Crippen molar-refractivity contribution in [2.24, 2.45) is 0 Å². The Morgan fingerprint density at radius 1 is 1.15 bits per heavy atom. The number of fused-ring (bicyclic) bond motifs is 1. The third kappa shape index (κ3) is 4.69. The third-order valence-electron chi connectivity index (χ3n) is 5.56. The van der Waals surface area contributed by atoms with Crippen LogP contribution in [0.15, 0.2) is 70.3 Å². The quantitative estimate of drug-likeness (QED) is 0.362. The fraction of sp³-hybridized carbons (Fsp3) is 0.167. The molecule has 3 aromatic carbocycles. The van der Waals surface area contributed by atoms with Crippen LogP contribution in [0.3, 0.4) is 0 Å². The fourth-order valence-electron chi connectivity index (χ4n) is 3.75. The Balaban J connectivity index is 1.71. The van der Waals surface area contributed by atoms with Crippen LogP contribution in [-0.2, 0) is 22.8 Å². The molecule has 0 fully saturated rings. The van der Waals surface area contributed by atoms with Crippen LogP contribution < -0.4 is 0 Å². The van der Waals surface area contributed by atoms with Gasteiger partial charge in [-0.3, -0.25) is 0 Å². The minimum Gasteiger partial charge on any atom is -0.478 e. The van der Waals surface area contributed by atoms with Gasteiger partial charge in [-0.2, -0.15) is 0 Å². The van der Waals surface area contributed by atoms with Gasteiger partial charge in [-0.25, -0.2) is 22.6 Å². The lowest BCUT2D eigenvalue weighted by atomic mass is 9.95. The Kier molecular flexibility index (Phi) is 6.36. The first-order chi connectivity index (χ1) is 15.7. The van der Waals surface area contributed by atoms with Gasteiger partial charge in [0.1, 0.15) is 5.52 Å². The first kappa shape index (κ1) is 23.1. The number of nitrogens with zero attached hydrogens (tertiary/aromatic N) is 2. The number of carbonyl (C=O) groups is 1. The summed E-state index contributed by atoms with van der Waals surface area (Å²) >= 11 is 3.39. The molecule has 0 saturated carbocycles. The highest BCUT2D eigenvalue weighted by molar-refractivity contribution is 9.10. The minimum atomic E-state index is -3.56. The number of hydrogen-bond donors (Lipinski definition) is 1. The smallest absolute Gasteiger partial charge is 0.336 e. The SMILES string of the molecule is Cc1cc(Br)ccc1Cc1c(C(=O)O)cc2c(ncn2CCS(=O)(=O)c2ccccc2)c1F. The Labute approximate surface area is 198 Å². The van der Waals surface area contributed by atoms with Crippen LogP contribution in [0.2, 0.25) is 0 Å². The molecule has 0 aliphatic rings. The maximum absolute atomic E-state index is 15.5. The van der Waals surface area contributed by atoms with E-state index < -0.39 is 21.6 Å². The van der Waals surface area contributed by atoms with Crippen molar-refractivity contribution in [3.8, 4) is 0 Å². The van der Waals surface area contributed by atoms with E-state index >= 15 is 4.39 Å². The number of imidazole rings is 1. The van der Waals surface area contributed by atoms with Crippen LogP contribution >= 0.6 is 15.9 Å². The molecular formula is C24H20BrFN2O4S. The summed E-state index contributed by atoms with van der Waals surface area (Å²) in [6.45, 7) is 1.89. The number of aryl methyl sites for hydroxylation is 2. The molecular weight excluding hydrogens is 511 g/mol. The zero-order valence-corrected chi connectivity index (χ0v) is 20.0. The standard InChI is InChI=1S/C24H20BrFN2O4S/c1-15-11-17(25)8-7-16(15)12-19-20(24(29)30)13-21-23(22(19)26)27-14-28(21)9-10-33(31,32)18-5-3-2-4-6-18/h2-8,11,13-14H,9-10,12H2,1H3,(H,29,30). The monoisotopic (exact) mass is 530 g/mol. The van der Waals surface area contributed by atoms with Gasteiger partial charge < -0.3 is 9.67 Å². The molecule has 0 unspecified atom stereocenters. The van der Waals surface area contributed by atoms with Crippen molar-refractivity contribution in [2.75, 3.05) is 5.75 Å². The van der Waals surface area contributed by atoms with E-state index in [9.17, 15) is 18.3 Å². The first-order valence-corrected chi connectivity index (χ1v) is 12.5. The molecule has 0 atom stereocenters. The normalized spacial score (nSPS) is 11.7. The highest BCUT2D eigenvalue weighted by Crippen LogP contribution is 2.28. The number of hydrogen-bond acceptors (Lipinski definition) is 4. The zero-order valence-electron chi connectivity index (χ0n) is 17.6. The number of carboxylic acid groups (broad SMARTS) is 1. The first-order valence-electron chi connectivity index (χ1n) is 10.1. The molecule has 0 spiro atoms. The van der Waals surface area contributed by atoms with Gasteiger partial charge in [0.05, 0.1) is 28.1 Å². The summed E-state index contributed by atoms with van der Waals surface area (Å²) < 4.78 is 43.0. The average molecular weight is 531 g/mol. The summed E-state index contributed by atoms with van der Waals surface area (Å²) in [5, 5.41) is 9.78. The Morgan fingerprint density at radius 3 is 2.55 bits per heavy atom. The fourth-order valence-corrected chi connectivity index (χ4v) is 5.47. The van der Waals surface area contributed by atoms with E-state index in [4.69, 9.17) is 0 Å². The van der Waals surface area contributed by atoms with Gasteiger partial charge in [-0.1, -0.05) is 40.2 Å². The molecule has 6 nitrogen and oxygen atoms in total. The molecule has 0 amide bonds. The van der Waals surface area contributed by atoms with Gasteiger partial charge in [0.25, 0.3) is 0 Å². The van der Waals surface area contributed by atoms with Crippen molar-refractivity contribution in [2.45, 2.75) is 24.8 Å². The Bertz CT molecular complexity index is 1470. The van der Waals surface area contributed by atoms with Gasteiger partial charge in [0.2, 0.25) is 0 Å². The van der Waals surface area contributed by atoms with Crippen LogP contribution in [0.25, 0.3) is 11.0 Å².